The van der Waals surface area contributed by atoms with Gasteiger partial charge < -0.3 is 9.40 Å². The van der Waals surface area contributed by atoms with Gasteiger partial charge in [0, 0.05) is 22.4 Å². The lowest BCUT2D eigenvalue weighted by molar-refractivity contribution is 0.482. The normalized spacial score (nSPS) is 12.7. The summed E-state index contributed by atoms with van der Waals surface area (Å²) >= 11 is 0. The first-order valence-electron chi connectivity index (χ1n) is 9.86. The minimum Gasteiger partial charge on any atom is -0.461 e. The largest absolute Gasteiger partial charge is 0.461 e. The number of sulfonamides is 1. The van der Waals surface area contributed by atoms with Gasteiger partial charge in [-0.15, -0.1) is 0 Å². The smallest absolute Gasteiger partial charge is 0.229 e. The summed E-state index contributed by atoms with van der Waals surface area (Å²) in [4.78, 5) is 3.32. The molecule has 0 bridgehead atoms. The van der Waals surface area contributed by atoms with Crippen molar-refractivity contribution in [3.05, 3.63) is 65.5 Å². The number of benzene rings is 2. The molecule has 152 valence electrons. The highest BCUT2D eigenvalue weighted by Crippen LogP contribution is 2.44. The molecule has 0 atom stereocenters. The first-order chi connectivity index (χ1) is 13.8. The highest BCUT2D eigenvalue weighted by molar-refractivity contribution is 7.92. The lowest BCUT2D eigenvalue weighted by Crippen LogP contribution is -2.25. The van der Waals surface area contributed by atoms with Crippen LogP contribution in [0, 0.1) is 6.92 Å². The van der Waals surface area contributed by atoms with E-state index in [1.165, 1.54) is 17.4 Å². The average molecular weight is 411 g/mol. The minimum absolute atomic E-state index is 0.193. The van der Waals surface area contributed by atoms with Crippen LogP contribution in [0.4, 0.5) is 5.69 Å². The zero-order chi connectivity index (χ0) is 20.8. The Morgan fingerprint density at radius 3 is 2.55 bits per heavy atom. The van der Waals surface area contributed by atoms with Gasteiger partial charge in [-0.1, -0.05) is 32.0 Å². The molecule has 0 saturated heterocycles. The van der Waals surface area contributed by atoms with E-state index in [1.54, 1.807) is 6.07 Å². The first-order valence-corrected chi connectivity index (χ1v) is 11.8. The van der Waals surface area contributed by atoms with Crippen LogP contribution in [-0.2, 0) is 15.4 Å². The molecule has 0 aliphatic heterocycles. The second kappa shape index (κ2) is 6.95. The maximum Gasteiger partial charge on any atom is 0.229 e. The monoisotopic (exact) mass is 410 g/mol. The molecule has 6 heteroatoms. The quantitative estimate of drug-likeness (QED) is 0.428. The lowest BCUT2D eigenvalue weighted by atomic mass is 9.70. The fourth-order valence-electron chi connectivity index (χ4n) is 4.50. The summed E-state index contributed by atoms with van der Waals surface area (Å²) in [5, 5.41) is 2.14. The third-order valence-corrected chi connectivity index (χ3v) is 6.52. The predicted molar refractivity (Wildman–Crippen MR) is 119 cm³/mol. The van der Waals surface area contributed by atoms with E-state index in [0.717, 1.165) is 40.5 Å². The van der Waals surface area contributed by atoms with E-state index in [0.29, 0.717) is 5.69 Å². The molecule has 0 unspecified atom stereocenters. The molecule has 0 aliphatic carbocycles. The van der Waals surface area contributed by atoms with Crippen LogP contribution in [0.3, 0.4) is 0 Å². The van der Waals surface area contributed by atoms with E-state index < -0.39 is 10.0 Å². The van der Waals surface area contributed by atoms with E-state index in [4.69, 9.17) is 4.42 Å². The molecule has 0 saturated carbocycles. The lowest BCUT2D eigenvalue weighted by Gasteiger charge is -2.32. The summed E-state index contributed by atoms with van der Waals surface area (Å²) < 4.78 is 31.9. The van der Waals surface area contributed by atoms with Gasteiger partial charge in [0.25, 0.3) is 0 Å². The van der Waals surface area contributed by atoms with Gasteiger partial charge in [-0.25, -0.2) is 8.42 Å². The molecule has 2 aromatic heterocycles. The van der Waals surface area contributed by atoms with E-state index >= 15 is 0 Å². The third-order valence-electron chi connectivity index (χ3n) is 5.93. The van der Waals surface area contributed by atoms with E-state index in [9.17, 15) is 8.42 Å². The predicted octanol–water partition coefficient (Wildman–Crippen LogP) is 5.70. The highest BCUT2D eigenvalue weighted by atomic mass is 32.2. The van der Waals surface area contributed by atoms with Gasteiger partial charge in [0.1, 0.15) is 11.3 Å². The molecule has 0 radical (unpaired) electrons. The maximum atomic E-state index is 11.8. The zero-order valence-corrected chi connectivity index (χ0v) is 18.0. The van der Waals surface area contributed by atoms with Crippen LogP contribution < -0.4 is 4.72 Å². The number of para-hydroxylation sites is 1. The zero-order valence-electron chi connectivity index (χ0n) is 17.2. The van der Waals surface area contributed by atoms with Crippen molar-refractivity contribution in [3.63, 3.8) is 0 Å². The first kappa shape index (κ1) is 19.6. The molecule has 2 aromatic carbocycles. The Morgan fingerprint density at radius 2 is 1.86 bits per heavy atom. The van der Waals surface area contributed by atoms with Crippen molar-refractivity contribution < 1.29 is 12.8 Å². The minimum atomic E-state index is -3.36. The Bertz CT molecular complexity index is 1290. The van der Waals surface area contributed by atoms with Gasteiger partial charge in [0.05, 0.1) is 17.5 Å². The average Bonchev–Trinajstić information content (AvgIpc) is 3.26. The third kappa shape index (κ3) is 3.31. The van der Waals surface area contributed by atoms with Crippen LogP contribution in [0.25, 0.3) is 21.9 Å². The van der Waals surface area contributed by atoms with Crippen molar-refractivity contribution in [2.45, 2.75) is 39.0 Å². The molecular formula is C23H26N2O3S. The van der Waals surface area contributed by atoms with Crippen molar-refractivity contribution in [2.75, 3.05) is 11.0 Å². The molecule has 0 fully saturated rings. The second-order valence-electron chi connectivity index (χ2n) is 7.70. The van der Waals surface area contributed by atoms with Crippen LogP contribution in [0.1, 0.15) is 43.6 Å². The number of aromatic nitrogens is 1. The van der Waals surface area contributed by atoms with E-state index in [-0.39, 0.29) is 5.41 Å². The molecule has 0 aliphatic rings. The molecular weight excluding hydrogens is 384 g/mol. The van der Waals surface area contributed by atoms with Crippen molar-refractivity contribution in [1.82, 2.24) is 4.98 Å². The Morgan fingerprint density at radius 1 is 1.10 bits per heavy atom. The molecule has 4 rings (SSSR count). The number of hydrogen-bond acceptors (Lipinski definition) is 3. The van der Waals surface area contributed by atoms with Crippen LogP contribution in [0.5, 0.6) is 0 Å². The van der Waals surface area contributed by atoms with Crippen LogP contribution in [-0.4, -0.2) is 19.7 Å². The van der Waals surface area contributed by atoms with Gasteiger partial charge in [-0.2, -0.15) is 0 Å². The van der Waals surface area contributed by atoms with Crippen LogP contribution in [0.15, 0.2) is 53.1 Å². The topological polar surface area (TPSA) is 75.1 Å². The summed E-state index contributed by atoms with van der Waals surface area (Å²) in [6.07, 6.45) is 5.03. The number of aryl methyl sites for hydroxylation is 1. The molecule has 4 aromatic rings. The van der Waals surface area contributed by atoms with Gasteiger partial charge in [0.15, 0.2) is 0 Å². The van der Waals surface area contributed by atoms with Crippen LogP contribution in [0.2, 0.25) is 0 Å². The molecule has 5 nitrogen and oxygen atoms in total. The number of rotatable bonds is 6. The number of fused-ring (bicyclic) bond motifs is 2. The number of anilines is 1. The molecule has 0 spiro atoms. The Balaban J connectivity index is 1.92. The highest BCUT2D eigenvalue weighted by Gasteiger charge is 2.33. The van der Waals surface area contributed by atoms with E-state index in [1.807, 2.05) is 25.3 Å². The standard InChI is InChI=1S/C23H26N2O3S/c1-5-23(6-2,17-10-11-21-16(13-17)12-15(3)28-21)19-14-24-22-18(19)8-7-9-20(22)25-29(4,26)27/h7-14,24-25H,5-6H2,1-4H3. The van der Waals surface area contributed by atoms with E-state index in [2.05, 4.69) is 47.8 Å². The maximum absolute atomic E-state index is 11.8. The summed E-state index contributed by atoms with van der Waals surface area (Å²) in [6, 6.07) is 14.2. The number of aromatic amines is 1. The second-order valence-corrected chi connectivity index (χ2v) is 9.45. The molecule has 2 heterocycles. The van der Waals surface area contributed by atoms with Crippen molar-refractivity contribution in [2.24, 2.45) is 0 Å². The Labute approximate surface area is 171 Å². The number of furan rings is 1. The fourth-order valence-corrected chi connectivity index (χ4v) is 5.07. The summed E-state index contributed by atoms with van der Waals surface area (Å²) in [6.45, 7) is 6.36. The summed E-state index contributed by atoms with van der Waals surface area (Å²) in [5.74, 6) is 0.902. The Hall–Kier alpha value is -2.73. The molecule has 29 heavy (non-hydrogen) atoms. The van der Waals surface area contributed by atoms with Crippen molar-refractivity contribution in [3.8, 4) is 0 Å². The Kier molecular flexibility index (Phi) is 4.69. The van der Waals surface area contributed by atoms with Crippen molar-refractivity contribution >= 4 is 37.6 Å². The van der Waals surface area contributed by atoms with Crippen molar-refractivity contribution in [1.29, 1.82) is 0 Å². The number of hydrogen-bond donors (Lipinski definition) is 2. The summed E-state index contributed by atoms with van der Waals surface area (Å²) in [5.41, 5.74) is 4.48. The van der Waals surface area contributed by atoms with Gasteiger partial charge in [-0.05, 0) is 55.2 Å². The number of nitrogens with one attached hydrogen (secondary N) is 2. The molecule has 0 amide bonds. The number of H-pyrrole nitrogens is 1. The van der Waals surface area contributed by atoms with Gasteiger partial charge in [0.2, 0.25) is 10.0 Å². The van der Waals surface area contributed by atoms with Gasteiger partial charge in [-0.3, -0.25) is 4.72 Å². The fraction of sp³-hybridized carbons (Fsp3) is 0.304. The SMILES string of the molecule is CCC(CC)(c1ccc2oc(C)cc2c1)c1c[nH]c2c(NS(C)(=O)=O)cccc12. The molecule has 2 N–H and O–H groups in total. The van der Waals surface area contributed by atoms with Gasteiger partial charge >= 0.3 is 0 Å². The summed E-state index contributed by atoms with van der Waals surface area (Å²) in [7, 11) is -3.36. The van der Waals surface area contributed by atoms with Crippen LogP contribution >= 0.6 is 0 Å².